The molecular formula is C17H21N3O2. The van der Waals surface area contributed by atoms with Gasteiger partial charge in [-0.25, -0.2) is 4.99 Å². The van der Waals surface area contributed by atoms with Gasteiger partial charge in [0.05, 0.1) is 5.69 Å². The summed E-state index contributed by atoms with van der Waals surface area (Å²) < 4.78 is 0. The second-order valence-electron chi connectivity index (χ2n) is 6.25. The monoisotopic (exact) mass is 299 g/mol. The Balaban J connectivity index is 1.95. The maximum Gasteiger partial charge on any atom is 0.249 e. The first kappa shape index (κ1) is 14.8. The third kappa shape index (κ3) is 2.51. The molecule has 116 valence electrons. The van der Waals surface area contributed by atoms with Crippen LogP contribution in [-0.4, -0.2) is 28.6 Å². The van der Waals surface area contributed by atoms with E-state index in [0.29, 0.717) is 25.3 Å². The number of carbonyl (C=O) groups excluding carboxylic acids is 2. The highest BCUT2D eigenvalue weighted by Gasteiger charge is 2.34. The summed E-state index contributed by atoms with van der Waals surface area (Å²) in [7, 11) is 0. The zero-order valence-corrected chi connectivity index (χ0v) is 13.2. The number of amides is 2. The fourth-order valence-electron chi connectivity index (χ4n) is 3.25. The number of nitrogens with one attached hydrogen (secondary N) is 1. The van der Waals surface area contributed by atoms with Gasteiger partial charge < -0.3 is 4.90 Å². The molecule has 0 aromatic heterocycles. The van der Waals surface area contributed by atoms with Crippen LogP contribution in [0.15, 0.2) is 23.2 Å². The van der Waals surface area contributed by atoms with E-state index in [1.54, 1.807) is 0 Å². The lowest BCUT2D eigenvalue weighted by Crippen LogP contribution is -2.54. The first-order valence-electron chi connectivity index (χ1n) is 7.74. The van der Waals surface area contributed by atoms with Gasteiger partial charge in [0.2, 0.25) is 11.8 Å². The van der Waals surface area contributed by atoms with Gasteiger partial charge in [0.15, 0.2) is 0 Å². The Morgan fingerprint density at radius 1 is 1.32 bits per heavy atom. The lowest BCUT2D eigenvalue weighted by molar-refractivity contribution is -0.136. The highest BCUT2D eigenvalue weighted by Crippen LogP contribution is 2.34. The van der Waals surface area contributed by atoms with Crippen LogP contribution in [0.2, 0.25) is 0 Å². The van der Waals surface area contributed by atoms with Crippen LogP contribution >= 0.6 is 0 Å². The number of rotatable bonds is 2. The summed E-state index contributed by atoms with van der Waals surface area (Å²) in [6, 6.07) is 5.87. The van der Waals surface area contributed by atoms with E-state index in [-0.39, 0.29) is 17.9 Å². The minimum atomic E-state index is -0.310. The SMILES string of the molecule is CC1=Nc2cccc(C(C)C)c2CN1C1CCC(=O)NC1=O. The van der Waals surface area contributed by atoms with Crippen molar-refractivity contribution in [3.8, 4) is 0 Å². The molecule has 0 spiro atoms. The summed E-state index contributed by atoms with van der Waals surface area (Å²) in [5.74, 6) is 0.850. The quantitative estimate of drug-likeness (QED) is 0.853. The maximum atomic E-state index is 12.2. The lowest BCUT2D eigenvalue weighted by Gasteiger charge is -2.37. The van der Waals surface area contributed by atoms with E-state index in [0.717, 1.165) is 11.5 Å². The molecule has 1 unspecified atom stereocenters. The first-order chi connectivity index (χ1) is 10.5. The third-order valence-corrected chi connectivity index (χ3v) is 4.42. The van der Waals surface area contributed by atoms with Crippen molar-refractivity contribution in [2.75, 3.05) is 0 Å². The molecule has 0 bridgehead atoms. The minimum Gasteiger partial charge on any atom is -0.344 e. The number of hydrogen-bond donors (Lipinski definition) is 1. The molecule has 3 rings (SSSR count). The van der Waals surface area contributed by atoms with Crippen LogP contribution in [0.4, 0.5) is 5.69 Å². The predicted molar refractivity (Wildman–Crippen MR) is 85.0 cm³/mol. The zero-order valence-electron chi connectivity index (χ0n) is 13.2. The van der Waals surface area contributed by atoms with Crippen LogP contribution in [0.25, 0.3) is 0 Å². The average Bonchev–Trinajstić information content (AvgIpc) is 2.46. The van der Waals surface area contributed by atoms with Gasteiger partial charge in [-0.05, 0) is 30.9 Å². The van der Waals surface area contributed by atoms with Gasteiger partial charge in [-0.1, -0.05) is 26.0 Å². The molecule has 1 fully saturated rings. The van der Waals surface area contributed by atoms with Gasteiger partial charge in [0.25, 0.3) is 0 Å². The van der Waals surface area contributed by atoms with Crippen LogP contribution < -0.4 is 5.32 Å². The minimum absolute atomic E-state index is 0.184. The smallest absolute Gasteiger partial charge is 0.249 e. The molecule has 1 saturated heterocycles. The van der Waals surface area contributed by atoms with Crippen molar-refractivity contribution in [2.24, 2.45) is 4.99 Å². The van der Waals surface area contributed by atoms with Gasteiger partial charge in [-0.2, -0.15) is 0 Å². The summed E-state index contributed by atoms with van der Waals surface area (Å²) in [5, 5.41) is 2.43. The number of hydrogen-bond acceptors (Lipinski definition) is 4. The highest BCUT2D eigenvalue weighted by atomic mass is 16.2. The van der Waals surface area contributed by atoms with Gasteiger partial charge in [-0.15, -0.1) is 0 Å². The summed E-state index contributed by atoms with van der Waals surface area (Å²) >= 11 is 0. The van der Waals surface area contributed by atoms with E-state index in [4.69, 9.17) is 0 Å². The summed E-state index contributed by atoms with van der Waals surface area (Å²) in [6.45, 7) is 6.92. The molecule has 2 amide bonds. The van der Waals surface area contributed by atoms with E-state index < -0.39 is 0 Å². The summed E-state index contributed by atoms with van der Waals surface area (Å²) in [4.78, 5) is 30.2. The molecule has 0 radical (unpaired) electrons. The fraction of sp³-hybridized carbons (Fsp3) is 0.471. The van der Waals surface area contributed by atoms with Crippen molar-refractivity contribution in [2.45, 2.75) is 52.1 Å². The Morgan fingerprint density at radius 2 is 2.09 bits per heavy atom. The largest absolute Gasteiger partial charge is 0.344 e. The number of piperidine rings is 1. The topological polar surface area (TPSA) is 61.8 Å². The molecule has 1 aromatic rings. The molecule has 5 heteroatoms. The van der Waals surface area contributed by atoms with Gasteiger partial charge >= 0.3 is 0 Å². The van der Waals surface area contributed by atoms with Gasteiger partial charge in [0, 0.05) is 18.5 Å². The molecule has 2 heterocycles. The van der Waals surface area contributed by atoms with Crippen molar-refractivity contribution in [3.05, 3.63) is 29.3 Å². The van der Waals surface area contributed by atoms with Crippen LogP contribution in [0.5, 0.6) is 0 Å². The fourth-order valence-corrected chi connectivity index (χ4v) is 3.25. The first-order valence-corrected chi connectivity index (χ1v) is 7.74. The van der Waals surface area contributed by atoms with E-state index in [1.807, 2.05) is 24.0 Å². The van der Waals surface area contributed by atoms with Crippen molar-refractivity contribution in [3.63, 3.8) is 0 Å². The van der Waals surface area contributed by atoms with E-state index in [2.05, 4.69) is 30.2 Å². The molecule has 22 heavy (non-hydrogen) atoms. The van der Waals surface area contributed by atoms with Crippen LogP contribution in [-0.2, 0) is 16.1 Å². The van der Waals surface area contributed by atoms with Crippen LogP contribution in [0, 0.1) is 0 Å². The molecule has 1 atom stereocenters. The van der Waals surface area contributed by atoms with Crippen molar-refractivity contribution in [1.82, 2.24) is 10.2 Å². The van der Waals surface area contributed by atoms with E-state index in [1.165, 1.54) is 11.1 Å². The Bertz CT molecular complexity index is 664. The molecule has 0 aliphatic carbocycles. The predicted octanol–water partition coefficient (Wildman–Crippen LogP) is 2.48. The Morgan fingerprint density at radius 3 is 2.77 bits per heavy atom. The standard InChI is InChI=1S/C17H21N3O2/c1-10(2)12-5-4-6-14-13(12)9-20(11(3)18-14)15-7-8-16(21)19-17(15)22/h4-6,10,15H,7-9H2,1-3H3,(H,19,21,22). The number of carbonyl (C=O) groups is 2. The second-order valence-corrected chi connectivity index (χ2v) is 6.25. The molecule has 1 aromatic carbocycles. The number of imide groups is 1. The van der Waals surface area contributed by atoms with Crippen molar-refractivity contribution < 1.29 is 9.59 Å². The van der Waals surface area contributed by atoms with E-state index in [9.17, 15) is 9.59 Å². The van der Waals surface area contributed by atoms with Crippen LogP contribution in [0.3, 0.4) is 0 Å². The van der Waals surface area contributed by atoms with Crippen LogP contribution in [0.1, 0.15) is 50.7 Å². The van der Waals surface area contributed by atoms with Gasteiger partial charge in [-0.3, -0.25) is 14.9 Å². The number of amidine groups is 1. The average molecular weight is 299 g/mol. The van der Waals surface area contributed by atoms with Gasteiger partial charge in [0.1, 0.15) is 11.9 Å². The number of benzene rings is 1. The third-order valence-electron chi connectivity index (χ3n) is 4.42. The normalized spacial score (nSPS) is 21.5. The summed E-state index contributed by atoms with van der Waals surface area (Å²) in [5.41, 5.74) is 3.45. The zero-order chi connectivity index (χ0) is 15.9. The molecule has 0 saturated carbocycles. The second kappa shape index (κ2) is 5.55. The number of fused-ring (bicyclic) bond motifs is 1. The number of nitrogens with zero attached hydrogens (tertiary/aromatic N) is 2. The molecule has 2 aliphatic heterocycles. The van der Waals surface area contributed by atoms with Crippen molar-refractivity contribution in [1.29, 1.82) is 0 Å². The molecule has 5 nitrogen and oxygen atoms in total. The summed E-state index contributed by atoms with van der Waals surface area (Å²) in [6.07, 6.45) is 0.940. The Hall–Kier alpha value is -2.17. The van der Waals surface area contributed by atoms with Crippen molar-refractivity contribution >= 4 is 23.3 Å². The lowest BCUT2D eigenvalue weighted by atomic mass is 9.93. The molecular weight excluding hydrogens is 278 g/mol. The maximum absolute atomic E-state index is 12.2. The number of aliphatic imine (C=N–C) groups is 1. The Labute approximate surface area is 130 Å². The molecule has 1 N–H and O–H groups in total. The Kier molecular flexibility index (Phi) is 3.72. The van der Waals surface area contributed by atoms with E-state index >= 15 is 0 Å². The highest BCUT2D eigenvalue weighted by molar-refractivity contribution is 6.02. The molecule has 2 aliphatic rings.